The number of hydrogen-bond donors (Lipinski definition) is 1. The summed E-state index contributed by atoms with van der Waals surface area (Å²) in [6.45, 7) is -0.330. The summed E-state index contributed by atoms with van der Waals surface area (Å²) in [5, 5.41) is 8.74. The molecule has 1 aliphatic rings. The molecule has 0 aliphatic heterocycles. The second-order valence-corrected chi connectivity index (χ2v) is 5.87. The summed E-state index contributed by atoms with van der Waals surface area (Å²) in [5.74, 6) is 0.640. The Hall–Kier alpha value is -3.17. The van der Waals surface area contributed by atoms with Gasteiger partial charge in [-0.3, -0.25) is 4.79 Å². The van der Waals surface area contributed by atoms with E-state index in [0.29, 0.717) is 17.7 Å². The van der Waals surface area contributed by atoms with Gasteiger partial charge in [0.05, 0.1) is 0 Å². The molecular formula is C23H20O3. The molecule has 26 heavy (non-hydrogen) atoms. The van der Waals surface area contributed by atoms with Crippen LogP contribution in [0.3, 0.4) is 0 Å². The molecule has 0 fully saturated rings. The fraction of sp³-hybridized carbons (Fsp3) is 0.0870. The molecule has 0 bridgehead atoms. The predicted octanol–water partition coefficient (Wildman–Crippen LogP) is 4.57. The Morgan fingerprint density at radius 3 is 2.42 bits per heavy atom. The molecule has 1 aliphatic carbocycles. The lowest BCUT2D eigenvalue weighted by Crippen LogP contribution is -1.99. The van der Waals surface area contributed by atoms with Crippen molar-refractivity contribution in [3.8, 4) is 5.75 Å². The molecule has 1 N–H and O–H groups in total. The van der Waals surface area contributed by atoms with E-state index in [1.165, 1.54) is 0 Å². The Morgan fingerprint density at radius 1 is 1.00 bits per heavy atom. The number of hydrogen-bond acceptors (Lipinski definition) is 3. The van der Waals surface area contributed by atoms with Crippen LogP contribution in [-0.4, -0.2) is 17.7 Å². The number of aliphatic hydroxyl groups is 1. The molecule has 2 aromatic rings. The quantitative estimate of drug-likeness (QED) is 0.617. The molecule has 0 amide bonds. The highest BCUT2D eigenvalue weighted by molar-refractivity contribution is 6.08. The fourth-order valence-corrected chi connectivity index (χ4v) is 2.63. The summed E-state index contributed by atoms with van der Waals surface area (Å²) in [7, 11) is 0. The Bertz CT molecular complexity index is 869. The van der Waals surface area contributed by atoms with Crippen molar-refractivity contribution < 1.29 is 14.6 Å². The van der Waals surface area contributed by atoms with E-state index in [9.17, 15) is 4.79 Å². The Kier molecular flexibility index (Phi) is 5.96. The molecule has 0 saturated carbocycles. The highest BCUT2D eigenvalue weighted by Crippen LogP contribution is 2.21. The third-order valence-electron chi connectivity index (χ3n) is 4.01. The number of carbonyl (C=O) groups excluding carboxylic acids is 1. The average molecular weight is 344 g/mol. The van der Waals surface area contributed by atoms with Crippen molar-refractivity contribution in [1.29, 1.82) is 0 Å². The molecule has 3 rings (SSSR count). The number of rotatable bonds is 6. The van der Waals surface area contributed by atoms with Crippen LogP contribution in [0.1, 0.15) is 17.5 Å². The molecule has 0 aromatic heterocycles. The molecule has 0 heterocycles. The fourth-order valence-electron chi connectivity index (χ4n) is 2.63. The first-order valence-electron chi connectivity index (χ1n) is 8.44. The topological polar surface area (TPSA) is 46.5 Å². The van der Waals surface area contributed by atoms with Gasteiger partial charge in [0, 0.05) is 5.57 Å². The smallest absolute Gasteiger partial charge is 0.186 e. The van der Waals surface area contributed by atoms with Gasteiger partial charge in [0.2, 0.25) is 0 Å². The summed E-state index contributed by atoms with van der Waals surface area (Å²) >= 11 is 0. The number of aliphatic hydroxyl groups excluding tert-OH is 1. The zero-order chi connectivity index (χ0) is 18.2. The van der Waals surface area contributed by atoms with Gasteiger partial charge in [0.25, 0.3) is 0 Å². The Balaban J connectivity index is 1.62. The summed E-state index contributed by atoms with van der Waals surface area (Å²) in [6, 6.07) is 17.3. The summed E-state index contributed by atoms with van der Waals surface area (Å²) in [4.78, 5) is 12.3. The third-order valence-corrected chi connectivity index (χ3v) is 4.01. The lowest BCUT2D eigenvalue weighted by Gasteiger charge is -2.08. The molecule has 3 heteroatoms. The third kappa shape index (κ3) is 4.91. The van der Waals surface area contributed by atoms with Crippen molar-refractivity contribution in [3.05, 3.63) is 101 Å². The van der Waals surface area contributed by atoms with Crippen molar-refractivity contribution in [2.45, 2.75) is 6.42 Å². The minimum atomic E-state index is -0.330. The lowest BCUT2D eigenvalue weighted by molar-refractivity contribution is -0.111. The minimum absolute atomic E-state index is 0.00894. The van der Waals surface area contributed by atoms with Gasteiger partial charge in [-0.15, -0.1) is 0 Å². The van der Waals surface area contributed by atoms with Crippen molar-refractivity contribution in [3.63, 3.8) is 0 Å². The van der Waals surface area contributed by atoms with Gasteiger partial charge in [0.15, 0.2) is 12.6 Å². The monoisotopic (exact) mass is 344 g/mol. The molecule has 0 atom stereocenters. The van der Waals surface area contributed by atoms with Crippen molar-refractivity contribution >= 4 is 17.9 Å². The van der Waals surface area contributed by atoms with Crippen LogP contribution in [0.5, 0.6) is 5.75 Å². The number of carbonyl (C=O) groups is 1. The summed E-state index contributed by atoms with van der Waals surface area (Å²) < 4.78 is 5.01. The van der Waals surface area contributed by atoms with E-state index in [-0.39, 0.29) is 12.6 Å². The van der Waals surface area contributed by atoms with Crippen LogP contribution in [0.4, 0.5) is 0 Å². The molecule has 0 spiro atoms. The largest absolute Gasteiger partial charge is 0.468 e. The highest BCUT2D eigenvalue weighted by atomic mass is 16.6. The maximum atomic E-state index is 12.3. The van der Waals surface area contributed by atoms with Crippen LogP contribution in [0.2, 0.25) is 0 Å². The molecule has 3 nitrogen and oxygen atoms in total. The second-order valence-electron chi connectivity index (χ2n) is 5.87. The van der Waals surface area contributed by atoms with E-state index in [2.05, 4.69) is 6.08 Å². The maximum absolute atomic E-state index is 12.3. The van der Waals surface area contributed by atoms with Crippen LogP contribution < -0.4 is 4.74 Å². The van der Waals surface area contributed by atoms with Crippen LogP contribution in [0.15, 0.2) is 90.0 Å². The number of ether oxygens (including phenoxy) is 1. The standard InChI is InChI=1S/C23H20O3/c24-17-26-22-13-8-20(9-14-22)16-19-6-11-21(12-7-19)23(25)15-10-18-4-2-1-3-5-18/h1-6,8-16,24H,7,17H2. The molecule has 0 unspecified atom stereocenters. The van der Waals surface area contributed by atoms with Crippen molar-refractivity contribution in [1.82, 2.24) is 0 Å². The first kappa shape index (κ1) is 17.6. The molecular weight excluding hydrogens is 324 g/mol. The second kappa shape index (κ2) is 8.79. The van der Waals surface area contributed by atoms with E-state index in [4.69, 9.17) is 9.84 Å². The van der Waals surface area contributed by atoms with Gasteiger partial charge in [-0.25, -0.2) is 0 Å². The number of benzene rings is 2. The normalized spacial score (nSPS) is 15.3. The number of ketones is 1. The van der Waals surface area contributed by atoms with E-state index in [1.807, 2.05) is 78.9 Å². The average Bonchev–Trinajstić information content (AvgIpc) is 2.69. The van der Waals surface area contributed by atoms with Crippen LogP contribution in [0.25, 0.3) is 12.2 Å². The zero-order valence-corrected chi connectivity index (χ0v) is 14.3. The van der Waals surface area contributed by atoms with Gasteiger partial charge in [-0.1, -0.05) is 72.8 Å². The van der Waals surface area contributed by atoms with Gasteiger partial charge in [0.1, 0.15) is 5.75 Å². The van der Waals surface area contributed by atoms with Crippen molar-refractivity contribution in [2.75, 3.05) is 6.79 Å². The maximum Gasteiger partial charge on any atom is 0.186 e. The van der Waals surface area contributed by atoms with Gasteiger partial charge < -0.3 is 9.84 Å². The Labute approximate surface area is 153 Å². The van der Waals surface area contributed by atoms with E-state index in [1.54, 1.807) is 6.08 Å². The SMILES string of the molecule is O=C(C=Cc1ccccc1)C1=CCC(=Cc2ccc(OCO)cc2)C=C1. The first-order chi connectivity index (χ1) is 12.7. The van der Waals surface area contributed by atoms with E-state index < -0.39 is 0 Å². The van der Waals surface area contributed by atoms with Crippen LogP contribution in [0, 0.1) is 0 Å². The lowest BCUT2D eigenvalue weighted by atomic mass is 9.97. The molecule has 130 valence electrons. The molecule has 0 radical (unpaired) electrons. The highest BCUT2D eigenvalue weighted by Gasteiger charge is 2.07. The minimum Gasteiger partial charge on any atom is -0.468 e. The first-order valence-corrected chi connectivity index (χ1v) is 8.44. The van der Waals surface area contributed by atoms with E-state index in [0.717, 1.165) is 16.7 Å². The van der Waals surface area contributed by atoms with Crippen LogP contribution in [-0.2, 0) is 4.79 Å². The molecule has 0 saturated heterocycles. The van der Waals surface area contributed by atoms with Crippen LogP contribution >= 0.6 is 0 Å². The van der Waals surface area contributed by atoms with E-state index >= 15 is 0 Å². The number of allylic oxidation sites excluding steroid dienone is 6. The van der Waals surface area contributed by atoms with Gasteiger partial charge in [-0.2, -0.15) is 0 Å². The zero-order valence-electron chi connectivity index (χ0n) is 14.3. The summed E-state index contributed by atoms with van der Waals surface area (Å²) in [6.07, 6.45) is 12.0. The summed E-state index contributed by atoms with van der Waals surface area (Å²) in [5.41, 5.74) is 3.89. The van der Waals surface area contributed by atoms with Gasteiger partial charge in [-0.05, 0) is 41.3 Å². The molecule has 2 aromatic carbocycles. The Morgan fingerprint density at radius 2 is 1.77 bits per heavy atom. The van der Waals surface area contributed by atoms with Gasteiger partial charge >= 0.3 is 0 Å². The predicted molar refractivity (Wildman–Crippen MR) is 104 cm³/mol. The van der Waals surface area contributed by atoms with Crippen molar-refractivity contribution in [2.24, 2.45) is 0 Å².